The molecule has 0 fully saturated rings. The van der Waals surface area contributed by atoms with E-state index in [1.165, 1.54) is 20.2 Å². The molecule has 0 aliphatic heterocycles. The van der Waals surface area contributed by atoms with Crippen molar-refractivity contribution in [2.75, 3.05) is 33.0 Å². The molecular formula is C24H38N4O7S. The van der Waals surface area contributed by atoms with Gasteiger partial charge < -0.3 is 35.9 Å². The number of hydrogen-bond acceptors (Lipinski definition) is 9. The zero-order valence-electron chi connectivity index (χ0n) is 21.3. The van der Waals surface area contributed by atoms with Gasteiger partial charge in [-0.15, -0.1) is 0 Å². The third-order valence-corrected chi connectivity index (χ3v) is 5.66. The molecule has 1 unspecified atom stereocenters. The van der Waals surface area contributed by atoms with Crippen molar-refractivity contribution in [2.45, 2.75) is 51.7 Å². The van der Waals surface area contributed by atoms with Crippen molar-refractivity contribution in [1.82, 2.24) is 16.0 Å². The SMILES string of the molecule is CC[C@H](C)[C@H](NC(=O)CCCN)C(=O)Oc1ccc(C(CNC(=O)CCS)OC(=O)NC)cc1OC. The summed E-state index contributed by atoms with van der Waals surface area (Å²) in [5.41, 5.74) is 5.97. The highest BCUT2D eigenvalue weighted by Crippen LogP contribution is 2.32. The van der Waals surface area contributed by atoms with Gasteiger partial charge in [0.2, 0.25) is 11.8 Å². The fraction of sp³-hybridized carbons (Fsp3) is 0.583. The zero-order valence-corrected chi connectivity index (χ0v) is 22.2. The number of esters is 1. The van der Waals surface area contributed by atoms with E-state index in [2.05, 4.69) is 28.6 Å². The highest BCUT2D eigenvalue weighted by atomic mass is 32.1. The first-order valence-corrected chi connectivity index (χ1v) is 12.5. The topological polar surface area (TPSA) is 158 Å². The molecule has 0 radical (unpaired) electrons. The Morgan fingerprint density at radius 3 is 2.42 bits per heavy atom. The predicted octanol–water partition coefficient (Wildman–Crippen LogP) is 1.70. The van der Waals surface area contributed by atoms with E-state index >= 15 is 0 Å². The number of methoxy groups -OCH3 is 1. The number of ether oxygens (including phenoxy) is 3. The maximum atomic E-state index is 13.0. The molecule has 0 aliphatic rings. The van der Waals surface area contributed by atoms with E-state index in [1.54, 1.807) is 12.1 Å². The number of carbonyl (C=O) groups is 4. The number of carbonyl (C=O) groups excluding carboxylic acids is 4. The Bertz CT molecular complexity index is 884. The van der Waals surface area contributed by atoms with Crippen LogP contribution in [0.5, 0.6) is 11.5 Å². The Balaban J connectivity index is 3.11. The van der Waals surface area contributed by atoms with E-state index in [-0.39, 0.29) is 48.6 Å². The van der Waals surface area contributed by atoms with Gasteiger partial charge in [0.05, 0.1) is 13.7 Å². The molecule has 1 rings (SSSR count). The average molecular weight is 527 g/mol. The van der Waals surface area contributed by atoms with Crippen molar-refractivity contribution in [1.29, 1.82) is 0 Å². The van der Waals surface area contributed by atoms with Crippen molar-refractivity contribution >= 4 is 36.5 Å². The minimum absolute atomic E-state index is 0.0211. The van der Waals surface area contributed by atoms with Crippen LogP contribution in [0, 0.1) is 5.92 Å². The molecule has 5 N–H and O–H groups in total. The summed E-state index contributed by atoms with van der Waals surface area (Å²) >= 11 is 4.03. The molecule has 1 aromatic rings. The van der Waals surface area contributed by atoms with E-state index < -0.39 is 24.2 Å². The lowest BCUT2D eigenvalue weighted by Crippen LogP contribution is -2.47. The lowest BCUT2D eigenvalue weighted by atomic mass is 9.99. The van der Waals surface area contributed by atoms with Crippen LogP contribution < -0.4 is 31.2 Å². The standard InChI is InChI=1S/C24H38N4O7S/c1-5-15(2)22(28-21(30)7-6-11-25)23(31)34-17-9-8-16(13-18(17)33-4)19(35-24(32)26-3)14-27-20(29)10-12-36/h8-9,13,15,19,22,36H,5-7,10-12,14,25H2,1-4H3,(H,26,32)(H,27,29)(H,28,30)/t15-,19?,22-/m0/s1. The minimum Gasteiger partial charge on any atom is -0.493 e. The number of benzene rings is 1. The first-order chi connectivity index (χ1) is 17.2. The molecule has 12 heteroatoms. The Hall–Kier alpha value is -2.99. The van der Waals surface area contributed by atoms with Crippen LogP contribution in [0.1, 0.15) is 51.2 Å². The second-order valence-corrected chi connectivity index (χ2v) is 8.52. The van der Waals surface area contributed by atoms with Crippen LogP contribution in [0.25, 0.3) is 0 Å². The van der Waals surface area contributed by atoms with Gasteiger partial charge in [-0.25, -0.2) is 9.59 Å². The molecule has 0 bridgehead atoms. The molecule has 11 nitrogen and oxygen atoms in total. The molecular weight excluding hydrogens is 488 g/mol. The summed E-state index contributed by atoms with van der Waals surface area (Å²) in [7, 11) is 2.82. The van der Waals surface area contributed by atoms with Gasteiger partial charge in [0, 0.05) is 19.9 Å². The second-order valence-electron chi connectivity index (χ2n) is 8.08. The van der Waals surface area contributed by atoms with Gasteiger partial charge in [-0.05, 0) is 42.3 Å². The van der Waals surface area contributed by atoms with Crippen molar-refractivity contribution < 1.29 is 33.4 Å². The maximum absolute atomic E-state index is 13.0. The highest BCUT2D eigenvalue weighted by molar-refractivity contribution is 7.80. The van der Waals surface area contributed by atoms with E-state index in [1.807, 2.05) is 13.8 Å². The minimum atomic E-state index is -0.851. The Kier molecular flexibility index (Phi) is 14.3. The third-order valence-electron chi connectivity index (χ3n) is 5.44. The molecule has 3 amide bonds. The average Bonchev–Trinajstić information content (AvgIpc) is 2.88. The van der Waals surface area contributed by atoms with Gasteiger partial charge in [-0.2, -0.15) is 12.6 Å². The summed E-state index contributed by atoms with van der Waals surface area (Å²) in [5, 5.41) is 7.80. The second kappa shape index (κ2) is 16.6. The monoisotopic (exact) mass is 526 g/mol. The summed E-state index contributed by atoms with van der Waals surface area (Å²) in [6.07, 6.45) is 0.0735. The molecule has 0 saturated carbocycles. The van der Waals surface area contributed by atoms with Crippen LogP contribution in [0.4, 0.5) is 4.79 Å². The van der Waals surface area contributed by atoms with Crippen molar-refractivity contribution in [3.8, 4) is 11.5 Å². The van der Waals surface area contributed by atoms with E-state index in [0.29, 0.717) is 30.7 Å². The molecule has 202 valence electrons. The molecule has 0 spiro atoms. The summed E-state index contributed by atoms with van der Waals surface area (Å²) in [6.45, 7) is 4.15. The number of nitrogens with one attached hydrogen (secondary N) is 3. The van der Waals surface area contributed by atoms with E-state index in [9.17, 15) is 19.2 Å². The van der Waals surface area contributed by atoms with Gasteiger partial charge in [0.25, 0.3) is 0 Å². The molecule has 36 heavy (non-hydrogen) atoms. The van der Waals surface area contributed by atoms with E-state index in [4.69, 9.17) is 19.9 Å². The van der Waals surface area contributed by atoms with Crippen molar-refractivity contribution in [3.63, 3.8) is 0 Å². The summed E-state index contributed by atoms with van der Waals surface area (Å²) < 4.78 is 16.4. The quantitative estimate of drug-likeness (QED) is 0.131. The maximum Gasteiger partial charge on any atom is 0.407 e. The van der Waals surface area contributed by atoms with Gasteiger partial charge in [0.15, 0.2) is 11.5 Å². The van der Waals surface area contributed by atoms with Crippen LogP contribution in [0.15, 0.2) is 18.2 Å². The van der Waals surface area contributed by atoms with Crippen LogP contribution >= 0.6 is 12.6 Å². The fourth-order valence-corrected chi connectivity index (χ4v) is 3.33. The fourth-order valence-electron chi connectivity index (χ4n) is 3.13. The summed E-state index contributed by atoms with van der Waals surface area (Å²) in [6, 6.07) is 3.81. The molecule has 0 aromatic heterocycles. The van der Waals surface area contributed by atoms with Crippen LogP contribution in [-0.4, -0.2) is 62.9 Å². The molecule has 0 saturated heterocycles. The highest BCUT2D eigenvalue weighted by Gasteiger charge is 2.29. The third kappa shape index (κ3) is 10.3. The number of hydrogen-bond donors (Lipinski definition) is 5. The van der Waals surface area contributed by atoms with Crippen molar-refractivity contribution in [2.24, 2.45) is 11.7 Å². The Morgan fingerprint density at radius 2 is 1.83 bits per heavy atom. The van der Waals surface area contributed by atoms with E-state index in [0.717, 1.165) is 0 Å². The van der Waals surface area contributed by atoms with Crippen molar-refractivity contribution in [3.05, 3.63) is 23.8 Å². The van der Waals surface area contributed by atoms with Gasteiger partial charge in [0.1, 0.15) is 12.1 Å². The number of rotatable bonds is 15. The predicted molar refractivity (Wildman–Crippen MR) is 138 cm³/mol. The summed E-state index contributed by atoms with van der Waals surface area (Å²) in [5.74, 6) is -0.591. The Labute approximate surface area is 217 Å². The lowest BCUT2D eigenvalue weighted by molar-refractivity contribution is -0.141. The van der Waals surface area contributed by atoms with Gasteiger partial charge >= 0.3 is 12.1 Å². The van der Waals surface area contributed by atoms with Crippen LogP contribution in [0.3, 0.4) is 0 Å². The first-order valence-electron chi connectivity index (χ1n) is 11.9. The normalized spacial score (nSPS) is 13.1. The number of thiol groups is 1. The number of nitrogens with two attached hydrogens (primary N) is 1. The van der Waals surface area contributed by atoms with Crippen LogP contribution in [0.2, 0.25) is 0 Å². The lowest BCUT2D eigenvalue weighted by Gasteiger charge is -2.23. The van der Waals surface area contributed by atoms with Gasteiger partial charge in [-0.3, -0.25) is 9.59 Å². The van der Waals surface area contributed by atoms with Gasteiger partial charge in [-0.1, -0.05) is 26.3 Å². The first kappa shape index (κ1) is 31.0. The number of alkyl carbamates (subject to hydrolysis) is 1. The number of amides is 3. The molecule has 3 atom stereocenters. The summed E-state index contributed by atoms with van der Waals surface area (Å²) in [4.78, 5) is 48.9. The van der Waals surface area contributed by atoms with Crippen LogP contribution in [-0.2, 0) is 19.1 Å². The Morgan fingerprint density at radius 1 is 1.11 bits per heavy atom. The molecule has 1 aromatic carbocycles. The smallest absolute Gasteiger partial charge is 0.407 e. The largest absolute Gasteiger partial charge is 0.493 e. The zero-order chi connectivity index (χ0) is 27.1. The molecule has 0 aliphatic carbocycles. The molecule has 0 heterocycles.